The van der Waals surface area contributed by atoms with E-state index < -0.39 is 0 Å². The molecule has 0 saturated heterocycles. The van der Waals surface area contributed by atoms with Crippen LogP contribution in [0.5, 0.6) is 0 Å². The topological polar surface area (TPSA) is 30.2 Å². The molecule has 0 radical (unpaired) electrons. The molecule has 0 aromatic carbocycles. The van der Waals surface area contributed by atoms with E-state index in [1.165, 1.54) is 0 Å². The van der Waals surface area contributed by atoms with Gasteiger partial charge in [0.2, 0.25) is 0 Å². The minimum absolute atomic E-state index is 0.0910. The molecule has 3 heteroatoms. The Morgan fingerprint density at radius 3 is 2.69 bits per heavy atom. The maximum atomic E-state index is 4.48. The Morgan fingerprint density at radius 2 is 2.08 bits per heavy atom. The van der Waals surface area contributed by atoms with Crippen LogP contribution in [0.15, 0.2) is 24.5 Å². The Labute approximate surface area is 77.4 Å². The van der Waals surface area contributed by atoms with Crippen molar-refractivity contribution in [3.8, 4) is 0 Å². The summed E-state index contributed by atoms with van der Waals surface area (Å²) in [4.78, 5) is 4.48. The van der Waals surface area contributed by atoms with Crippen LogP contribution in [-0.2, 0) is 5.41 Å². The molecule has 13 heavy (non-hydrogen) atoms. The average Bonchev–Trinajstić information content (AvgIpc) is 2.45. The van der Waals surface area contributed by atoms with Crippen molar-refractivity contribution in [3.63, 3.8) is 0 Å². The Bertz CT molecular complexity index is 390. The van der Waals surface area contributed by atoms with Crippen molar-refractivity contribution < 1.29 is 0 Å². The number of hydrogen-bond donors (Lipinski definition) is 0. The van der Waals surface area contributed by atoms with Crippen LogP contribution in [0.2, 0.25) is 0 Å². The normalized spacial score (nSPS) is 12.2. The summed E-state index contributed by atoms with van der Waals surface area (Å²) in [5.41, 5.74) is 2.08. The van der Waals surface area contributed by atoms with E-state index in [4.69, 9.17) is 0 Å². The fourth-order valence-electron chi connectivity index (χ4n) is 1.19. The molecular formula is C10H13N3. The van der Waals surface area contributed by atoms with Crippen molar-refractivity contribution in [2.75, 3.05) is 0 Å². The van der Waals surface area contributed by atoms with Crippen LogP contribution in [0.4, 0.5) is 0 Å². The van der Waals surface area contributed by atoms with E-state index in [9.17, 15) is 0 Å². The Kier molecular flexibility index (Phi) is 1.62. The summed E-state index contributed by atoms with van der Waals surface area (Å²) in [5, 5.41) is 4.17. The van der Waals surface area contributed by atoms with Crippen LogP contribution in [0.1, 0.15) is 26.5 Å². The molecule has 2 aromatic heterocycles. The summed E-state index contributed by atoms with van der Waals surface area (Å²) in [6.45, 7) is 6.44. The maximum absolute atomic E-state index is 4.48. The van der Waals surface area contributed by atoms with E-state index in [1.54, 1.807) is 10.7 Å². The van der Waals surface area contributed by atoms with E-state index in [2.05, 4.69) is 30.9 Å². The number of fused-ring (bicyclic) bond motifs is 1. The van der Waals surface area contributed by atoms with Gasteiger partial charge in [-0.05, 0) is 12.1 Å². The zero-order valence-corrected chi connectivity index (χ0v) is 8.15. The number of imidazole rings is 1. The standard InChI is InChI=1S/C10H13N3/c1-10(2,3)8-7-13-9(12-8)5-4-6-11-13/h4-7H,1-3H3. The summed E-state index contributed by atoms with van der Waals surface area (Å²) in [6, 6.07) is 3.86. The van der Waals surface area contributed by atoms with Gasteiger partial charge >= 0.3 is 0 Å². The van der Waals surface area contributed by atoms with Gasteiger partial charge in [0, 0.05) is 11.6 Å². The molecule has 3 nitrogen and oxygen atoms in total. The van der Waals surface area contributed by atoms with E-state index >= 15 is 0 Å². The Balaban J connectivity index is 2.63. The predicted octanol–water partition coefficient (Wildman–Crippen LogP) is 2.03. The van der Waals surface area contributed by atoms with Crippen LogP contribution in [0, 0.1) is 0 Å². The van der Waals surface area contributed by atoms with Gasteiger partial charge in [-0.3, -0.25) is 0 Å². The van der Waals surface area contributed by atoms with Gasteiger partial charge < -0.3 is 0 Å². The second-order valence-corrected chi connectivity index (χ2v) is 4.20. The highest BCUT2D eigenvalue weighted by Crippen LogP contribution is 2.20. The van der Waals surface area contributed by atoms with Crippen molar-refractivity contribution in [1.29, 1.82) is 0 Å². The third-order valence-electron chi connectivity index (χ3n) is 2.01. The molecule has 0 fully saturated rings. The van der Waals surface area contributed by atoms with Gasteiger partial charge in [-0.25, -0.2) is 9.50 Å². The number of nitrogens with zero attached hydrogens (tertiary/aromatic N) is 3. The zero-order valence-electron chi connectivity index (χ0n) is 8.15. The molecule has 0 amide bonds. The SMILES string of the molecule is CC(C)(C)c1cn2ncccc2n1. The number of rotatable bonds is 0. The summed E-state index contributed by atoms with van der Waals surface area (Å²) >= 11 is 0. The van der Waals surface area contributed by atoms with E-state index in [0.717, 1.165) is 11.3 Å². The monoisotopic (exact) mass is 175 g/mol. The molecular weight excluding hydrogens is 162 g/mol. The molecule has 0 aliphatic rings. The molecule has 0 N–H and O–H groups in total. The van der Waals surface area contributed by atoms with Gasteiger partial charge in [0.05, 0.1) is 11.9 Å². The number of hydrogen-bond acceptors (Lipinski definition) is 2. The van der Waals surface area contributed by atoms with Gasteiger partial charge in [-0.2, -0.15) is 5.10 Å². The Morgan fingerprint density at radius 1 is 1.31 bits per heavy atom. The molecule has 0 spiro atoms. The minimum atomic E-state index is 0.0910. The van der Waals surface area contributed by atoms with Crippen LogP contribution in [0.3, 0.4) is 0 Å². The third kappa shape index (κ3) is 1.41. The van der Waals surface area contributed by atoms with E-state index in [0.29, 0.717) is 0 Å². The first-order chi connectivity index (χ1) is 6.07. The van der Waals surface area contributed by atoms with Crippen molar-refractivity contribution in [3.05, 3.63) is 30.2 Å². The second kappa shape index (κ2) is 2.55. The van der Waals surface area contributed by atoms with Crippen LogP contribution >= 0.6 is 0 Å². The van der Waals surface area contributed by atoms with E-state index in [1.807, 2.05) is 18.3 Å². The zero-order chi connectivity index (χ0) is 9.47. The first-order valence-electron chi connectivity index (χ1n) is 4.38. The lowest BCUT2D eigenvalue weighted by atomic mass is 9.93. The van der Waals surface area contributed by atoms with Crippen molar-refractivity contribution in [1.82, 2.24) is 14.6 Å². The van der Waals surface area contributed by atoms with Gasteiger partial charge in [-0.15, -0.1) is 0 Å². The third-order valence-corrected chi connectivity index (χ3v) is 2.01. The average molecular weight is 175 g/mol. The summed E-state index contributed by atoms with van der Waals surface area (Å²) in [5.74, 6) is 0. The summed E-state index contributed by atoms with van der Waals surface area (Å²) in [7, 11) is 0. The highest BCUT2D eigenvalue weighted by atomic mass is 15.2. The minimum Gasteiger partial charge on any atom is -0.232 e. The smallest absolute Gasteiger partial charge is 0.153 e. The molecule has 0 aliphatic carbocycles. The van der Waals surface area contributed by atoms with Crippen molar-refractivity contribution in [2.24, 2.45) is 0 Å². The molecule has 2 aromatic rings. The quantitative estimate of drug-likeness (QED) is 0.613. The first kappa shape index (κ1) is 8.23. The van der Waals surface area contributed by atoms with Gasteiger partial charge in [-0.1, -0.05) is 20.8 Å². The predicted molar refractivity (Wildman–Crippen MR) is 51.7 cm³/mol. The van der Waals surface area contributed by atoms with Crippen molar-refractivity contribution >= 4 is 5.65 Å². The van der Waals surface area contributed by atoms with Crippen LogP contribution < -0.4 is 0 Å². The molecule has 0 atom stereocenters. The lowest BCUT2D eigenvalue weighted by Crippen LogP contribution is -2.11. The molecule has 0 bridgehead atoms. The van der Waals surface area contributed by atoms with Crippen LogP contribution in [0.25, 0.3) is 5.65 Å². The van der Waals surface area contributed by atoms with Gasteiger partial charge in [0.25, 0.3) is 0 Å². The molecule has 0 aliphatic heterocycles. The summed E-state index contributed by atoms with van der Waals surface area (Å²) < 4.78 is 1.81. The van der Waals surface area contributed by atoms with Gasteiger partial charge in [0.1, 0.15) is 0 Å². The lowest BCUT2D eigenvalue weighted by molar-refractivity contribution is 0.572. The molecule has 2 rings (SSSR count). The van der Waals surface area contributed by atoms with Crippen molar-refractivity contribution in [2.45, 2.75) is 26.2 Å². The fraction of sp³-hybridized carbons (Fsp3) is 0.400. The number of aromatic nitrogens is 3. The molecule has 0 saturated carbocycles. The first-order valence-corrected chi connectivity index (χ1v) is 4.38. The largest absolute Gasteiger partial charge is 0.232 e. The van der Waals surface area contributed by atoms with E-state index in [-0.39, 0.29) is 5.41 Å². The lowest BCUT2D eigenvalue weighted by Gasteiger charge is -2.13. The molecule has 0 unspecified atom stereocenters. The highest BCUT2D eigenvalue weighted by Gasteiger charge is 2.17. The molecule has 2 heterocycles. The molecule has 68 valence electrons. The van der Waals surface area contributed by atoms with Gasteiger partial charge in [0.15, 0.2) is 5.65 Å². The summed E-state index contributed by atoms with van der Waals surface area (Å²) in [6.07, 6.45) is 3.75. The fourth-order valence-corrected chi connectivity index (χ4v) is 1.19. The Hall–Kier alpha value is -1.38. The maximum Gasteiger partial charge on any atom is 0.153 e. The van der Waals surface area contributed by atoms with Crippen LogP contribution in [-0.4, -0.2) is 14.6 Å². The second-order valence-electron chi connectivity index (χ2n) is 4.20. The highest BCUT2D eigenvalue weighted by molar-refractivity contribution is 5.38.